The molecule has 0 heterocycles. The quantitative estimate of drug-likeness (QED) is 0.782. The first-order valence-corrected chi connectivity index (χ1v) is 4.87. The zero-order valence-corrected chi connectivity index (χ0v) is 9.00. The fourth-order valence-electron chi connectivity index (χ4n) is 1.05. The molecule has 0 unspecified atom stereocenters. The number of carbonyl (C=O) groups is 1. The Morgan fingerprint density at radius 2 is 2.25 bits per heavy atom. The van der Waals surface area contributed by atoms with Crippen LogP contribution in [0.5, 0.6) is 5.75 Å². The molecule has 4 heteroatoms. The van der Waals surface area contributed by atoms with Gasteiger partial charge in [-0.15, -0.1) is 0 Å². The average Bonchev–Trinajstić information content (AvgIpc) is 2.25. The first kappa shape index (κ1) is 12.2. The summed E-state index contributed by atoms with van der Waals surface area (Å²) < 4.78 is 18.5. The van der Waals surface area contributed by atoms with E-state index in [0.717, 1.165) is 18.1 Å². The molecule has 16 heavy (non-hydrogen) atoms. The lowest BCUT2D eigenvalue weighted by molar-refractivity contribution is 0.0692. The second-order valence-electron chi connectivity index (χ2n) is 3.34. The zero-order chi connectivity index (χ0) is 12.1. The van der Waals surface area contributed by atoms with Crippen LogP contribution in [0.4, 0.5) is 4.39 Å². The van der Waals surface area contributed by atoms with Gasteiger partial charge < -0.3 is 9.84 Å². The van der Waals surface area contributed by atoms with Crippen LogP contribution in [0.3, 0.4) is 0 Å². The van der Waals surface area contributed by atoms with E-state index in [9.17, 15) is 9.18 Å². The van der Waals surface area contributed by atoms with Gasteiger partial charge in [-0.3, -0.25) is 0 Å². The molecule has 0 amide bonds. The van der Waals surface area contributed by atoms with Gasteiger partial charge >= 0.3 is 5.97 Å². The van der Waals surface area contributed by atoms with Crippen molar-refractivity contribution in [3.8, 4) is 5.75 Å². The van der Waals surface area contributed by atoms with Gasteiger partial charge in [-0.25, -0.2) is 9.18 Å². The molecule has 0 spiro atoms. The maximum atomic E-state index is 13.2. The fourth-order valence-corrected chi connectivity index (χ4v) is 1.05. The Bertz CT molecular complexity index is 413. The van der Waals surface area contributed by atoms with Crippen molar-refractivity contribution in [2.24, 2.45) is 0 Å². The second-order valence-corrected chi connectivity index (χ2v) is 3.34. The van der Waals surface area contributed by atoms with E-state index in [-0.39, 0.29) is 5.56 Å². The Balaban J connectivity index is 2.74. The average molecular weight is 224 g/mol. The van der Waals surface area contributed by atoms with Crippen molar-refractivity contribution in [3.63, 3.8) is 0 Å². The van der Waals surface area contributed by atoms with Gasteiger partial charge in [-0.05, 0) is 24.1 Å². The van der Waals surface area contributed by atoms with Gasteiger partial charge in [0.25, 0.3) is 0 Å². The molecule has 0 aliphatic heterocycles. The fraction of sp³-hybridized carbons (Fsp3) is 0.250. The number of benzene rings is 1. The Labute approximate surface area is 93.2 Å². The van der Waals surface area contributed by atoms with Crippen LogP contribution in [0.15, 0.2) is 30.4 Å². The number of ether oxygens (including phenoxy) is 1. The van der Waals surface area contributed by atoms with E-state index < -0.39 is 11.8 Å². The monoisotopic (exact) mass is 224 g/mol. The summed E-state index contributed by atoms with van der Waals surface area (Å²) in [5, 5.41) is 8.62. The molecule has 1 aromatic carbocycles. The third-order valence-electron chi connectivity index (χ3n) is 2.11. The van der Waals surface area contributed by atoms with Crippen molar-refractivity contribution in [1.82, 2.24) is 0 Å². The molecule has 1 N–H and O–H groups in total. The lowest BCUT2D eigenvalue weighted by Crippen LogP contribution is -2.03. The van der Waals surface area contributed by atoms with E-state index in [2.05, 4.69) is 6.58 Å². The minimum absolute atomic E-state index is 0.303. The van der Waals surface area contributed by atoms with Crippen LogP contribution >= 0.6 is 0 Å². The van der Waals surface area contributed by atoms with Crippen molar-refractivity contribution >= 4 is 5.97 Å². The minimum Gasteiger partial charge on any atom is -0.489 e. The molecule has 0 saturated heterocycles. The molecule has 1 aromatic rings. The van der Waals surface area contributed by atoms with Gasteiger partial charge in [-0.2, -0.15) is 0 Å². The summed E-state index contributed by atoms with van der Waals surface area (Å²) >= 11 is 0. The van der Waals surface area contributed by atoms with Crippen LogP contribution < -0.4 is 4.74 Å². The van der Waals surface area contributed by atoms with Crippen LogP contribution in [0.25, 0.3) is 0 Å². The highest BCUT2D eigenvalue weighted by molar-refractivity contribution is 5.88. The Morgan fingerprint density at radius 3 is 2.75 bits per heavy atom. The van der Waals surface area contributed by atoms with Gasteiger partial charge in [0.05, 0.1) is 5.56 Å². The van der Waals surface area contributed by atoms with Crippen molar-refractivity contribution in [2.75, 3.05) is 6.61 Å². The first-order valence-electron chi connectivity index (χ1n) is 4.87. The summed E-state index contributed by atoms with van der Waals surface area (Å²) in [6, 6.07) is 3.67. The number of hydrogen-bond acceptors (Lipinski definition) is 2. The van der Waals surface area contributed by atoms with E-state index in [1.807, 2.05) is 6.92 Å². The summed E-state index contributed by atoms with van der Waals surface area (Å²) in [5.74, 6) is -1.79. The zero-order valence-electron chi connectivity index (χ0n) is 9.00. The van der Waals surface area contributed by atoms with Crippen molar-refractivity contribution in [2.45, 2.75) is 13.3 Å². The third kappa shape index (κ3) is 3.08. The standard InChI is InChI=1S/C12H13FO3/c1-3-8(2)7-16-9-4-5-10(12(14)15)11(13)6-9/h4-6H,2-3,7H2,1H3,(H,14,15). The molecule has 0 fully saturated rings. The molecule has 0 aliphatic carbocycles. The van der Waals surface area contributed by atoms with Gasteiger partial charge in [0.15, 0.2) is 0 Å². The number of rotatable bonds is 5. The topological polar surface area (TPSA) is 46.5 Å². The van der Waals surface area contributed by atoms with Gasteiger partial charge in [0, 0.05) is 6.07 Å². The van der Waals surface area contributed by atoms with Gasteiger partial charge in [0.1, 0.15) is 18.2 Å². The van der Waals surface area contributed by atoms with Crippen molar-refractivity contribution in [3.05, 3.63) is 41.7 Å². The predicted molar refractivity (Wildman–Crippen MR) is 58.3 cm³/mol. The number of halogens is 1. The molecule has 3 nitrogen and oxygen atoms in total. The van der Waals surface area contributed by atoms with E-state index >= 15 is 0 Å². The van der Waals surface area contributed by atoms with Crippen LogP contribution in [0.1, 0.15) is 23.7 Å². The Hall–Kier alpha value is -1.84. The highest BCUT2D eigenvalue weighted by Gasteiger charge is 2.10. The van der Waals surface area contributed by atoms with Gasteiger partial charge in [0.2, 0.25) is 0 Å². The second kappa shape index (κ2) is 5.30. The van der Waals surface area contributed by atoms with Crippen molar-refractivity contribution in [1.29, 1.82) is 0 Å². The molecule has 0 saturated carbocycles. The Morgan fingerprint density at radius 1 is 1.56 bits per heavy atom. The number of carboxylic acids is 1. The van der Waals surface area contributed by atoms with Gasteiger partial charge in [-0.1, -0.05) is 13.5 Å². The summed E-state index contributed by atoms with van der Waals surface area (Å²) in [4.78, 5) is 10.6. The number of aromatic carboxylic acids is 1. The summed E-state index contributed by atoms with van der Waals surface area (Å²) in [6.07, 6.45) is 0.787. The molecule has 86 valence electrons. The van der Waals surface area contributed by atoms with Crippen molar-refractivity contribution < 1.29 is 19.0 Å². The van der Waals surface area contributed by atoms with E-state index in [4.69, 9.17) is 9.84 Å². The number of hydrogen-bond donors (Lipinski definition) is 1. The predicted octanol–water partition coefficient (Wildman–Crippen LogP) is 2.87. The highest BCUT2D eigenvalue weighted by Crippen LogP contribution is 2.17. The maximum absolute atomic E-state index is 13.2. The molecule has 1 rings (SSSR count). The van der Waals surface area contributed by atoms with Crippen LogP contribution in [-0.2, 0) is 0 Å². The summed E-state index contributed by atoms with van der Waals surface area (Å²) in [6.45, 7) is 6.00. The van der Waals surface area contributed by atoms with E-state index in [1.165, 1.54) is 12.1 Å². The molecule has 0 bridgehead atoms. The van der Waals surface area contributed by atoms with Crippen LogP contribution in [-0.4, -0.2) is 17.7 Å². The highest BCUT2D eigenvalue weighted by atomic mass is 19.1. The van der Waals surface area contributed by atoms with Crippen LogP contribution in [0.2, 0.25) is 0 Å². The summed E-state index contributed by atoms with van der Waals surface area (Å²) in [5.41, 5.74) is 0.532. The van der Waals surface area contributed by atoms with Crippen LogP contribution in [0, 0.1) is 5.82 Å². The molecule has 0 aliphatic rings. The normalized spacial score (nSPS) is 9.88. The smallest absolute Gasteiger partial charge is 0.338 e. The molecule has 0 radical (unpaired) electrons. The molecular weight excluding hydrogens is 211 g/mol. The Kier molecular flexibility index (Phi) is 4.05. The van der Waals surface area contributed by atoms with E-state index in [1.54, 1.807) is 0 Å². The largest absolute Gasteiger partial charge is 0.489 e. The molecular formula is C12H13FO3. The minimum atomic E-state index is -1.29. The third-order valence-corrected chi connectivity index (χ3v) is 2.11. The molecule has 0 aromatic heterocycles. The maximum Gasteiger partial charge on any atom is 0.338 e. The SMILES string of the molecule is C=C(CC)COc1ccc(C(=O)O)c(F)c1. The molecule has 0 atom stereocenters. The van der Waals surface area contributed by atoms with E-state index in [0.29, 0.717) is 12.4 Å². The summed E-state index contributed by atoms with van der Waals surface area (Å²) in [7, 11) is 0. The lowest BCUT2D eigenvalue weighted by Gasteiger charge is -2.07. The lowest BCUT2D eigenvalue weighted by atomic mass is 10.2. The first-order chi connectivity index (χ1) is 7.54. The number of carboxylic acid groups (broad SMARTS) is 1.